The van der Waals surface area contributed by atoms with E-state index >= 15 is 0 Å². The molecule has 0 radical (unpaired) electrons. The van der Waals surface area contributed by atoms with Gasteiger partial charge in [-0.15, -0.1) is 10.2 Å². The van der Waals surface area contributed by atoms with Gasteiger partial charge in [0.2, 0.25) is 0 Å². The molecule has 2 aromatic heterocycles. The van der Waals surface area contributed by atoms with Gasteiger partial charge in [-0.3, -0.25) is 14.1 Å². The second kappa shape index (κ2) is 13.0. The summed E-state index contributed by atoms with van der Waals surface area (Å²) in [5.41, 5.74) is 4.26. The molecule has 11 nitrogen and oxygen atoms in total. The van der Waals surface area contributed by atoms with Crippen molar-refractivity contribution in [3.8, 4) is 5.75 Å². The van der Waals surface area contributed by atoms with E-state index in [0.29, 0.717) is 24.1 Å². The van der Waals surface area contributed by atoms with Crippen LogP contribution in [0, 0.1) is 0 Å². The second-order valence-electron chi connectivity index (χ2n) is 13.9. The van der Waals surface area contributed by atoms with Crippen LogP contribution in [-0.2, 0) is 11.0 Å². The Morgan fingerprint density at radius 1 is 1.06 bits per heavy atom. The first kappa shape index (κ1) is 32.5. The monoisotopic (exact) mass is 639 g/mol. The molecule has 1 saturated heterocycles. The zero-order chi connectivity index (χ0) is 33.3. The van der Waals surface area contributed by atoms with Gasteiger partial charge >= 0.3 is 6.03 Å². The van der Waals surface area contributed by atoms with Gasteiger partial charge in [0.05, 0.1) is 24.4 Å². The predicted octanol–water partition coefficient (Wildman–Crippen LogP) is 5.47. The number of hydrogen-bond donors (Lipinski definition) is 4. The lowest BCUT2D eigenvalue weighted by Crippen LogP contribution is -2.37. The highest BCUT2D eigenvalue weighted by atomic mass is 16.5. The van der Waals surface area contributed by atoms with Crippen LogP contribution in [0.25, 0.3) is 5.65 Å². The van der Waals surface area contributed by atoms with E-state index in [4.69, 9.17) is 9.84 Å². The molecule has 1 aliphatic heterocycles. The number of benzene rings is 2. The van der Waals surface area contributed by atoms with E-state index in [-0.39, 0.29) is 48.2 Å². The van der Waals surface area contributed by atoms with Gasteiger partial charge in [-0.25, -0.2) is 4.79 Å². The summed E-state index contributed by atoms with van der Waals surface area (Å²) in [6.45, 7) is 9.41. The number of aliphatic hydroxyl groups is 1. The number of ether oxygens (including phenoxy) is 1. The summed E-state index contributed by atoms with van der Waals surface area (Å²) in [7, 11) is 2.14. The van der Waals surface area contributed by atoms with Crippen molar-refractivity contribution in [3.63, 3.8) is 0 Å². The summed E-state index contributed by atoms with van der Waals surface area (Å²) >= 11 is 0. The average molecular weight is 640 g/mol. The summed E-state index contributed by atoms with van der Waals surface area (Å²) in [4.78, 5) is 28.4. The minimum Gasteiger partial charge on any atom is -0.484 e. The number of carbonyl (C=O) groups excluding carboxylic acids is 2. The van der Waals surface area contributed by atoms with Crippen molar-refractivity contribution < 1.29 is 19.4 Å². The van der Waals surface area contributed by atoms with E-state index in [9.17, 15) is 9.59 Å². The normalized spacial score (nSPS) is 21.3. The lowest BCUT2D eigenvalue weighted by Gasteiger charge is -2.32. The third-order valence-electron chi connectivity index (χ3n) is 9.59. The summed E-state index contributed by atoms with van der Waals surface area (Å²) in [6, 6.07) is 16.8. The van der Waals surface area contributed by atoms with Crippen molar-refractivity contribution in [2.75, 3.05) is 32.1 Å². The lowest BCUT2D eigenvalue weighted by molar-refractivity contribution is 0.0944. The predicted molar refractivity (Wildman–Crippen MR) is 181 cm³/mol. The second-order valence-corrected chi connectivity index (χ2v) is 13.9. The minimum atomic E-state index is -0.354. The number of hydrogen-bond acceptors (Lipinski definition) is 7. The summed E-state index contributed by atoms with van der Waals surface area (Å²) in [5, 5.41) is 26.9. The summed E-state index contributed by atoms with van der Waals surface area (Å²) in [6.07, 6.45) is 5.36. The Balaban J connectivity index is 1.18. The molecule has 4 N–H and O–H groups in total. The summed E-state index contributed by atoms with van der Waals surface area (Å²) < 4.78 is 8.67. The molecular weight excluding hydrogens is 594 g/mol. The maximum absolute atomic E-state index is 13.4. The molecule has 1 fully saturated rings. The number of amides is 3. The fraction of sp³-hybridized carbons (Fsp3) is 0.444. The Hall–Kier alpha value is -4.48. The molecule has 11 heteroatoms. The fourth-order valence-corrected chi connectivity index (χ4v) is 6.74. The van der Waals surface area contributed by atoms with E-state index in [1.165, 1.54) is 0 Å². The molecule has 47 heavy (non-hydrogen) atoms. The smallest absolute Gasteiger partial charge is 0.319 e. The molecule has 248 valence electrons. The maximum Gasteiger partial charge on any atom is 0.319 e. The van der Waals surface area contributed by atoms with E-state index in [1.807, 2.05) is 48.7 Å². The van der Waals surface area contributed by atoms with Crippen molar-refractivity contribution in [1.82, 2.24) is 30.1 Å². The third kappa shape index (κ3) is 6.68. The maximum atomic E-state index is 13.4. The van der Waals surface area contributed by atoms with Crippen LogP contribution in [0.4, 0.5) is 10.5 Å². The zero-order valence-corrected chi connectivity index (χ0v) is 27.8. The van der Waals surface area contributed by atoms with Gasteiger partial charge in [0.1, 0.15) is 11.9 Å². The zero-order valence-electron chi connectivity index (χ0n) is 27.8. The standard InChI is InChI=1S/C36H45N7O4/c1-35(2,3)24-19-23(32(45)37-16-18-44)20-25(21-24)38-34(46)39-29-12-13-30(28-10-7-6-9-27(28)29)47-26-11-14-31-40-41-33(43(31)22-26)36(4)15-8-17-42(36)5/h6-7,9-11,14,19-22,29-30,44H,8,12-13,15-18H2,1-5H3,(H,37,45)(H2,38,39,46)/t29-,30+,36-/m0/s1. The van der Waals surface area contributed by atoms with E-state index in [0.717, 1.165) is 53.3 Å². The van der Waals surface area contributed by atoms with Gasteiger partial charge in [0.15, 0.2) is 11.5 Å². The molecule has 0 unspecified atom stereocenters. The number of carbonyl (C=O) groups is 2. The number of nitrogens with one attached hydrogen (secondary N) is 3. The molecule has 3 heterocycles. The highest BCUT2D eigenvalue weighted by molar-refractivity contribution is 5.97. The lowest BCUT2D eigenvalue weighted by atomic mass is 9.85. The number of nitrogens with zero attached hydrogens (tertiary/aromatic N) is 4. The molecule has 2 aromatic carbocycles. The Morgan fingerprint density at radius 3 is 2.57 bits per heavy atom. The molecule has 2 aliphatic rings. The van der Waals surface area contributed by atoms with Crippen LogP contribution >= 0.6 is 0 Å². The van der Waals surface area contributed by atoms with Crippen LogP contribution in [0.1, 0.15) is 98.4 Å². The average Bonchev–Trinajstić information content (AvgIpc) is 3.63. The molecule has 4 aromatic rings. The Kier molecular flexibility index (Phi) is 8.95. The minimum absolute atomic E-state index is 0.150. The Morgan fingerprint density at radius 2 is 1.85 bits per heavy atom. The van der Waals surface area contributed by atoms with E-state index in [1.54, 1.807) is 6.07 Å². The number of aliphatic hydroxyl groups excluding tert-OH is 1. The van der Waals surface area contributed by atoms with Crippen LogP contribution in [0.15, 0.2) is 60.8 Å². The molecular formula is C36H45N7O4. The summed E-state index contributed by atoms with van der Waals surface area (Å²) in [5.74, 6) is 1.35. The SMILES string of the molecule is CN1CCC[C@@]1(C)c1nnc2ccc(O[C@@H]3CC[C@H](NC(=O)Nc4cc(C(=O)NCCO)cc(C(C)(C)C)c4)c4ccccc43)cn12. The van der Waals surface area contributed by atoms with E-state index < -0.39 is 0 Å². The van der Waals surface area contributed by atoms with Crippen molar-refractivity contribution in [1.29, 1.82) is 0 Å². The van der Waals surface area contributed by atoms with Crippen molar-refractivity contribution >= 4 is 23.3 Å². The van der Waals surface area contributed by atoms with Crippen LogP contribution in [0.5, 0.6) is 5.75 Å². The highest BCUT2D eigenvalue weighted by Crippen LogP contribution is 2.40. The largest absolute Gasteiger partial charge is 0.484 e. The highest BCUT2D eigenvalue weighted by Gasteiger charge is 2.40. The first-order chi connectivity index (χ1) is 22.5. The number of aromatic nitrogens is 3. The number of fused-ring (bicyclic) bond motifs is 2. The number of rotatable bonds is 8. The van der Waals surface area contributed by atoms with Gasteiger partial charge in [-0.05, 0) is 98.6 Å². The van der Waals surface area contributed by atoms with Gasteiger partial charge in [0.25, 0.3) is 5.91 Å². The number of anilines is 1. The number of likely N-dealkylation sites (tertiary alicyclic amines) is 1. The van der Waals surface area contributed by atoms with Gasteiger partial charge in [0, 0.05) is 17.8 Å². The number of pyridine rings is 1. The number of urea groups is 1. The Bertz CT molecular complexity index is 1780. The molecule has 3 amide bonds. The third-order valence-corrected chi connectivity index (χ3v) is 9.59. The first-order valence-corrected chi connectivity index (χ1v) is 16.4. The molecule has 0 bridgehead atoms. The van der Waals surface area contributed by atoms with Crippen molar-refractivity contribution in [2.24, 2.45) is 0 Å². The van der Waals surface area contributed by atoms with Crippen LogP contribution < -0.4 is 20.7 Å². The first-order valence-electron chi connectivity index (χ1n) is 16.4. The topological polar surface area (TPSA) is 133 Å². The molecule has 0 saturated carbocycles. The van der Waals surface area contributed by atoms with E-state index in [2.05, 4.69) is 76.3 Å². The van der Waals surface area contributed by atoms with Crippen LogP contribution in [0.2, 0.25) is 0 Å². The van der Waals surface area contributed by atoms with Crippen LogP contribution in [-0.4, -0.2) is 63.3 Å². The van der Waals surface area contributed by atoms with Crippen LogP contribution in [0.3, 0.4) is 0 Å². The molecule has 3 atom stereocenters. The quantitative estimate of drug-likeness (QED) is 0.201. The molecule has 1 aliphatic carbocycles. The van der Waals surface area contributed by atoms with Gasteiger partial charge in [-0.1, -0.05) is 45.0 Å². The molecule has 6 rings (SSSR count). The van der Waals surface area contributed by atoms with Crippen molar-refractivity contribution in [3.05, 3.63) is 88.9 Å². The van der Waals surface area contributed by atoms with Gasteiger partial charge in [-0.2, -0.15) is 0 Å². The molecule has 0 spiro atoms. The van der Waals surface area contributed by atoms with Crippen molar-refractivity contribution in [2.45, 2.75) is 76.5 Å². The van der Waals surface area contributed by atoms with Gasteiger partial charge < -0.3 is 25.8 Å². The fourth-order valence-electron chi connectivity index (χ4n) is 6.74. The Labute approximate surface area is 275 Å².